The van der Waals surface area contributed by atoms with Gasteiger partial charge < -0.3 is 37.6 Å². The molecule has 34 heavy (non-hydrogen) atoms. The maximum atomic E-state index is 12.9. The highest BCUT2D eigenvalue weighted by molar-refractivity contribution is 5.94. The van der Waals surface area contributed by atoms with Crippen LogP contribution in [0.25, 0.3) is 0 Å². The lowest BCUT2D eigenvalue weighted by Gasteiger charge is -2.26. The van der Waals surface area contributed by atoms with Gasteiger partial charge in [-0.2, -0.15) is 0 Å². The number of carboxylic acids is 2. The summed E-state index contributed by atoms with van der Waals surface area (Å²) in [6, 6.07) is -5.04. The minimum Gasteiger partial charge on any atom is -0.481 e. The number of nitrogens with one attached hydrogen (secondary N) is 3. The number of nitrogens with two attached hydrogens (primary N) is 2. The Balaban J connectivity index is 5.58. The van der Waals surface area contributed by atoms with Gasteiger partial charge in [0.25, 0.3) is 0 Å². The molecule has 0 aromatic heterocycles. The average Bonchev–Trinajstić information content (AvgIpc) is 2.68. The van der Waals surface area contributed by atoms with E-state index in [9.17, 15) is 33.9 Å². The first-order valence-electron chi connectivity index (χ1n) is 11.0. The van der Waals surface area contributed by atoms with Gasteiger partial charge in [0, 0.05) is 6.42 Å². The van der Waals surface area contributed by atoms with Crippen LogP contribution < -0.4 is 27.4 Å². The summed E-state index contributed by atoms with van der Waals surface area (Å²) in [5.74, 6) is -5.98. The fraction of sp³-hybridized carbons (Fsp3) is 0.714. The molecule has 0 aromatic carbocycles. The lowest BCUT2D eigenvalue weighted by atomic mass is 10.0. The Morgan fingerprint density at radius 1 is 0.735 bits per heavy atom. The number of aliphatic carboxylic acids is 2. The van der Waals surface area contributed by atoms with Crippen molar-refractivity contribution in [3.05, 3.63) is 0 Å². The van der Waals surface area contributed by atoms with E-state index in [0.29, 0.717) is 6.42 Å². The van der Waals surface area contributed by atoms with E-state index in [2.05, 4.69) is 16.0 Å². The zero-order valence-electron chi connectivity index (χ0n) is 20.0. The van der Waals surface area contributed by atoms with Gasteiger partial charge in [0.2, 0.25) is 23.6 Å². The molecular formula is C21H37N5O8. The van der Waals surface area contributed by atoms with Crippen molar-refractivity contribution in [2.75, 3.05) is 0 Å². The Hall–Kier alpha value is -3.22. The zero-order chi connectivity index (χ0) is 26.6. The van der Waals surface area contributed by atoms with E-state index in [0.717, 1.165) is 0 Å². The first-order chi connectivity index (χ1) is 15.6. The Labute approximate surface area is 198 Å². The first-order valence-corrected chi connectivity index (χ1v) is 11.0. The van der Waals surface area contributed by atoms with Gasteiger partial charge in [0.15, 0.2) is 0 Å². The summed E-state index contributed by atoms with van der Waals surface area (Å²) in [5.41, 5.74) is 11.0. The van der Waals surface area contributed by atoms with E-state index in [1.165, 1.54) is 0 Å². The maximum Gasteiger partial charge on any atom is 0.326 e. The number of hydrogen-bond acceptors (Lipinski definition) is 7. The molecule has 0 aromatic rings. The van der Waals surface area contributed by atoms with Crippen LogP contribution >= 0.6 is 0 Å². The van der Waals surface area contributed by atoms with Crippen LogP contribution in [0, 0.1) is 11.8 Å². The second-order valence-corrected chi connectivity index (χ2v) is 8.99. The number of amides is 4. The monoisotopic (exact) mass is 487 g/mol. The average molecular weight is 488 g/mol. The number of primary amides is 1. The second-order valence-electron chi connectivity index (χ2n) is 8.99. The van der Waals surface area contributed by atoms with Gasteiger partial charge in [0.1, 0.15) is 18.1 Å². The smallest absolute Gasteiger partial charge is 0.326 e. The Morgan fingerprint density at radius 2 is 1.21 bits per heavy atom. The molecule has 13 heteroatoms. The van der Waals surface area contributed by atoms with Gasteiger partial charge in [-0.25, -0.2) is 4.79 Å². The molecule has 194 valence electrons. The van der Waals surface area contributed by atoms with Crippen molar-refractivity contribution >= 4 is 35.6 Å². The third-order valence-corrected chi connectivity index (χ3v) is 4.71. The summed E-state index contributed by atoms with van der Waals surface area (Å²) in [4.78, 5) is 71.4. The summed E-state index contributed by atoms with van der Waals surface area (Å²) >= 11 is 0. The fourth-order valence-electron chi connectivity index (χ4n) is 3.07. The highest BCUT2D eigenvalue weighted by Crippen LogP contribution is 2.09. The molecule has 9 N–H and O–H groups in total. The van der Waals surface area contributed by atoms with Gasteiger partial charge in [-0.05, 0) is 31.1 Å². The topological polar surface area (TPSA) is 231 Å². The summed E-state index contributed by atoms with van der Waals surface area (Å²) < 4.78 is 0. The van der Waals surface area contributed by atoms with Crippen molar-refractivity contribution in [2.24, 2.45) is 23.3 Å². The van der Waals surface area contributed by atoms with Gasteiger partial charge in [-0.15, -0.1) is 0 Å². The Bertz CT molecular complexity index is 755. The molecule has 0 aliphatic heterocycles. The van der Waals surface area contributed by atoms with Crippen LogP contribution in [0.4, 0.5) is 0 Å². The number of carboxylic acid groups (broad SMARTS) is 2. The van der Waals surface area contributed by atoms with Crippen LogP contribution in [0.15, 0.2) is 0 Å². The van der Waals surface area contributed by atoms with Gasteiger partial charge >= 0.3 is 11.9 Å². The molecule has 0 aliphatic carbocycles. The zero-order valence-corrected chi connectivity index (χ0v) is 20.0. The molecule has 4 atom stereocenters. The van der Waals surface area contributed by atoms with Crippen LogP contribution in [0.1, 0.15) is 59.8 Å². The largest absolute Gasteiger partial charge is 0.481 e. The molecule has 13 nitrogen and oxygen atoms in total. The van der Waals surface area contributed by atoms with Crippen molar-refractivity contribution in [3.63, 3.8) is 0 Å². The normalized spacial score (nSPS) is 14.6. The van der Waals surface area contributed by atoms with E-state index in [4.69, 9.17) is 16.6 Å². The third-order valence-electron chi connectivity index (χ3n) is 4.71. The highest BCUT2D eigenvalue weighted by Gasteiger charge is 2.31. The van der Waals surface area contributed by atoms with Crippen LogP contribution in [-0.2, 0) is 28.8 Å². The van der Waals surface area contributed by atoms with Gasteiger partial charge in [-0.3, -0.25) is 24.0 Å². The Morgan fingerprint density at radius 3 is 1.65 bits per heavy atom. The second kappa shape index (κ2) is 14.8. The fourth-order valence-corrected chi connectivity index (χ4v) is 3.07. The molecule has 0 rings (SSSR count). The molecular weight excluding hydrogens is 450 g/mol. The standard InChI is InChI=1S/C21H37N5O8/c1-10(2)7-12(22)18(30)24-13(5-6-16(23)27)19(31)25-14(8-11(3)4)20(32)26-15(21(33)34)9-17(28)29/h10-15H,5-9,22H2,1-4H3,(H2,23,27)(H,24,30)(H,25,31)(H,26,32)(H,28,29)(H,33,34). The van der Waals surface area contributed by atoms with Crippen molar-refractivity contribution in [2.45, 2.75) is 84.0 Å². The summed E-state index contributed by atoms with van der Waals surface area (Å²) in [7, 11) is 0. The van der Waals surface area contributed by atoms with Crippen LogP contribution in [0.5, 0.6) is 0 Å². The van der Waals surface area contributed by atoms with Crippen molar-refractivity contribution in [3.8, 4) is 0 Å². The molecule has 0 bridgehead atoms. The van der Waals surface area contributed by atoms with E-state index < -0.39 is 66.2 Å². The summed E-state index contributed by atoms with van der Waals surface area (Å²) in [5, 5.41) is 25.1. The molecule has 0 saturated carbocycles. The molecule has 0 spiro atoms. The maximum absolute atomic E-state index is 12.9. The van der Waals surface area contributed by atoms with Crippen molar-refractivity contribution < 1.29 is 39.0 Å². The molecule has 4 amide bonds. The van der Waals surface area contributed by atoms with Crippen LogP contribution in [-0.4, -0.2) is 69.9 Å². The van der Waals surface area contributed by atoms with E-state index >= 15 is 0 Å². The quantitative estimate of drug-likeness (QED) is 0.137. The minimum absolute atomic E-state index is 0.0976. The van der Waals surface area contributed by atoms with Crippen molar-refractivity contribution in [1.29, 1.82) is 0 Å². The molecule has 0 aliphatic rings. The molecule has 0 saturated heterocycles. The van der Waals surface area contributed by atoms with Gasteiger partial charge in [-0.1, -0.05) is 27.7 Å². The lowest BCUT2D eigenvalue weighted by molar-refractivity contribution is -0.147. The molecule has 0 fully saturated rings. The molecule has 4 unspecified atom stereocenters. The highest BCUT2D eigenvalue weighted by atomic mass is 16.4. The predicted molar refractivity (Wildman–Crippen MR) is 121 cm³/mol. The van der Waals surface area contributed by atoms with Crippen molar-refractivity contribution in [1.82, 2.24) is 16.0 Å². The lowest BCUT2D eigenvalue weighted by Crippen LogP contribution is -2.57. The SMILES string of the molecule is CC(C)CC(N)C(=O)NC(CCC(N)=O)C(=O)NC(CC(C)C)C(=O)NC(CC(=O)O)C(=O)O. The summed E-state index contributed by atoms with van der Waals surface area (Å²) in [6.07, 6.45) is -0.768. The number of carbonyl (C=O) groups excluding carboxylic acids is 4. The number of hydrogen-bond donors (Lipinski definition) is 7. The minimum atomic E-state index is -1.70. The van der Waals surface area contributed by atoms with Crippen LogP contribution in [0.2, 0.25) is 0 Å². The molecule has 0 radical (unpaired) electrons. The third kappa shape index (κ3) is 12.7. The van der Waals surface area contributed by atoms with Gasteiger partial charge in [0.05, 0.1) is 12.5 Å². The predicted octanol–water partition coefficient (Wildman–Crippen LogP) is -1.31. The number of carbonyl (C=O) groups is 6. The first kappa shape index (κ1) is 30.8. The molecule has 0 heterocycles. The van der Waals surface area contributed by atoms with Crippen LogP contribution in [0.3, 0.4) is 0 Å². The summed E-state index contributed by atoms with van der Waals surface area (Å²) in [6.45, 7) is 7.26. The van der Waals surface area contributed by atoms with E-state index in [-0.39, 0.29) is 31.1 Å². The Kier molecular flexibility index (Phi) is 13.4. The number of rotatable bonds is 16. The van der Waals surface area contributed by atoms with E-state index in [1.807, 2.05) is 13.8 Å². The van der Waals surface area contributed by atoms with E-state index in [1.54, 1.807) is 13.8 Å².